The Balaban J connectivity index is 1.70. The predicted molar refractivity (Wildman–Crippen MR) is 126 cm³/mol. The first-order valence-corrected chi connectivity index (χ1v) is 11.2. The summed E-state index contributed by atoms with van der Waals surface area (Å²) >= 11 is 0. The molecule has 3 rings (SSSR count). The number of nitrogens with zero attached hydrogens (tertiary/aromatic N) is 1. The van der Waals surface area contributed by atoms with E-state index in [1.807, 2.05) is 25.1 Å². The third kappa shape index (κ3) is 5.51. The molecule has 9 heteroatoms. The zero-order valence-corrected chi connectivity index (χ0v) is 18.7. The van der Waals surface area contributed by atoms with Crippen molar-refractivity contribution in [3.05, 3.63) is 83.9 Å². The number of carbonyl (C=O) groups excluding carboxylic acids is 2. The van der Waals surface area contributed by atoms with E-state index in [0.717, 1.165) is 9.87 Å². The number of hydrogen-bond donors (Lipinski definition) is 3. The van der Waals surface area contributed by atoms with Gasteiger partial charge in [0.1, 0.15) is 0 Å². The van der Waals surface area contributed by atoms with Crippen LogP contribution in [0.1, 0.15) is 15.9 Å². The molecule has 0 unspecified atom stereocenters. The number of aryl methyl sites for hydroxylation is 1. The molecule has 0 radical (unpaired) electrons. The van der Waals surface area contributed by atoms with Crippen molar-refractivity contribution in [1.82, 2.24) is 4.31 Å². The summed E-state index contributed by atoms with van der Waals surface area (Å²) in [5.41, 5.74) is 2.80. The van der Waals surface area contributed by atoms with Crippen LogP contribution in [0.15, 0.2) is 77.7 Å². The highest BCUT2D eigenvalue weighted by molar-refractivity contribution is 7.89. The average Bonchev–Trinajstić information content (AvgIpc) is 2.76. The summed E-state index contributed by atoms with van der Waals surface area (Å²) in [6.07, 6.45) is 0. The van der Waals surface area contributed by atoms with E-state index in [1.165, 1.54) is 38.4 Å². The summed E-state index contributed by atoms with van der Waals surface area (Å²) in [5.74, 6) is -0.396. The monoisotopic (exact) mass is 452 g/mol. The Kier molecular flexibility index (Phi) is 6.92. The molecule has 0 spiro atoms. The second kappa shape index (κ2) is 9.63. The predicted octanol–water partition coefficient (Wildman–Crippen LogP) is 4.14. The van der Waals surface area contributed by atoms with Crippen LogP contribution in [0.2, 0.25) is 0 Å². The van der Waals surface area contributed by atoms with Crippen LogP contribution in [-0.4, -0.2) is 38.8 Å². The van der Waals surface area contributed by atoms with Crippen LogP contribution in [0, 0.1) is 6.92 Å². The summed E-state index contributed by atoms with van der Waals surface area (Å²) in [4.78, 5) is 25.0. The molecular formula is C23H24N4O4S. The molecule has 0 aliphatic rings. The summed E-state index contributed by atoms with van der Waals surface area (Å²) in [6.45, 7) is 1.83. The number of benzene rings is 3. The maximum atomic E-state index is 12.7. The average molecular weight is 453 g/mol. The number of hydrogen-bond acceptors (Lipinski definition) is 4. The van der Waals surface area contributed by atoms with Crippen molar-refractivity contribution < 1.29 is 18.0 Å². The van der Waals surface area contributed by atoms with Gasteiger partial charge >= 0.3 is 6.03 Å². The SMILES string of the molecule is Cc1ccc(NC(=O)Nc2ccccc2)cc1NC(=O)c1ccc(S(=O)(=O)N(C)C)cc1. The molecule has 0 saturated heterocycles. The number of sulfonamides is 1. The van der Waals surface area contributed by atoms with Crippen molar-refractivity contribution in [3.63, 3.8) is 0 Å². The zero-order valence-electron chi connectivity index (χ0n) is 17.9. The molecule has 0 aromatic heterocycles. The van der Waals surface area contributed by atoms with Crippen LogP contribution in [-0.2, 0) is 10.0 Å². The molecule has 0 saturated carbocycles. The highest BCUT2D eigenvalue weighted by Gasteiger charge is 2.18. The Hall–Kier alpha value is -3.69. The molecule has 166 valence electrons. The molecule has 0 aliphatic carbocycles. The van der Waals surface area contributed by atoms with Crippen LogP contribution in [0.5, 0.6) is 0 Å². The lowest BCUT2D eigenvalue weighted by Crippen LogP contribution is -2.22. The number of amides is 3. The second-order valence-electron chi connectivity index (χ2n) is 7.24. The molecule has 3 aromatic rings. The number of rotatable bonds is 6. The second-order valence-corrected chi connectivity index (χ2v) is 9.39. The first-order valence-electron chi connectivity index (χ1n) is 9.74. The third-order valence-electron chi connectivity index (χ3n) is 4.67. The molecule has 0 aliphatic heterocycles. The van der Waals surface area contributed by atoms with E-state index < -0.39 is 22.0 Å². The van der Waals surface area contributed by atoms with Gasteiger partial charge in [-0.25, -0.2) is 17.5 Å². The van der Waals surface area contributed by atoms with E-state index in [1.54, 1.807) is 30.3 Å². The minimum atomic E-state index is -3.57. The molecule has 3 aromatic carbocycles. The van der Waals surface area contributed by atoms with Crippen LogP contribution in [0.25, 0.3) is 0 Å². The Labute approximate surface area is 187 Å². The summed E-state index contributed by atoms with van der Waals surface area (Å²) in [5, 5.41) is 8.26. The smallest absolute Gasteiger partial charge is 0.322 e. The number of nitrogens with one attached hydrogen (secondary N) is 3. The lowest BCUT2D eigenvalue weighted by molar-refractivity contribution is 0.102. The third-order valence-corrected chi connectivity index (χ3v) is 6.50. The first-order chi connectivity index (χ1) is 15.2. The van der Waals surface area contributed by atoms with E-state index >= 15 is 0 Å². The normalized spacial score (nSPS) is 11.1. The minimum absolute atomic E-state index is 0.103. The Morgan fingerprint density at radius 1 is 0.781 bits per heavy atom. The first kappa shape index (κ1) is 23.0. The number of urea groups is 1. The quantitative estimate of drug-likeness (QED) is 0.522. The molecule has 32 heavy (non-hydrogen) atoms. The maximum Gasteiger partial charge on any atom is 0.323 e. The summed E-state index contributed by atoms with van der Waals surface area (Å²) in [7, 11) is -0.681. The van der Waals surface area contributed by atoms with Crippen molar-refractivity contribution in [3.8, 4) is 0 Å². The van der Waals surface area contributed by atoms with Gasteiger partial charge in [-0.3, -0.25) is 4.79 Å². The van der Waals surface area contributed by atoms with Gasteiger partial charge in [-0.2, -0.15) is 0 Å². The van der Waals surface area contributed by atoms with Crippen molar-refractivity contribution in [2.45, 2.75) is 11.8 Å². The highest BCUT2D eigenvalue weighted by Crippen LogP contribution is 2.22. The lowest BCUT2D eigenvalue weighted by Gasteiger charge is -2.13. The van der Waals surface area contributed by atoms with Gasteiger partial charge in [0.05, 0.1) is 4.90 Å². The summed E-state index contributed by atoms with van der Waals surface area (Å²) < 4.78 is 25.5. The van der Waals surface area contributed by atoms with E-state index in [2.05, 4.69) is 16.0 Å². The van der Waals surface area contributed by atoms with Crippen LogP contribution < -0.4 is 16.0 Å². The van der Waals surface area contributed by atoms with Crippen molar-refractivity contribution in [2.24, 2.45) is 0 Å². The Bertz CT molecular complexity index is 1220. The van der Waals surface area contributed by atoms with Gasteiger partial charge in [0.15, 0.2) is 0 Å². The van der Waals surface area contributed by atoms with Crippen molar-refractivity contribution in [2.75, 3.05) is 30.0 Å². The standard InChI is InChI=1S/C23H24N4O4S/c1-16-9-12-19(25-23(29)24-18-7-5-4-6-8-18)15-21(16)26-22(28)17-10-13-20(14-11-17)32(30,31)27(2)3/h4-15H,1-3H3,(H,26,28)(H2,24,25,29). The van der Waals surface area contributed by atoms with Crippen LogP contribution in [0.3, 0.4) is 0 Å². The molecule has 0 atom stereocenters. The van der Waals surface area contributed by atoms with Gasteiger partial charge in [-0.15, -0.1) is 0 Å². The molecular weight excluding hydrogens is 428 g/mol. The van der Waals surface area contributed by atoms with Gasteiger partial charge in [0.25, 0.3) is 5.91 Å². The Morgan fingerprint density at radius 2 is 1.41 bits per heavy atom. The maximum absolute atomic E-state index is 12.7. The molecule has 0 heterocycles. The summed E-state index contributed by atoms with van der Waals surface area (Å²) in [6, 6.07) is 19.5. The Morgan fingerprint density at radius 3 is 2.03 bits per heavy atom. The van der Waals surface area contributed by atoms with E-state index in [9.17, 15) is 18.0 Å². The molecule has 0 fully saturated rings. The van der Waals surface area contributed by atoms with E-state index in [4.69, 9.17) is 0 Å². The van der Waals surface area contributed by atoms with Gasteiger partial charge in [-0.1, -0.05) is 24.3 Å². The fourth-order valence-corrected chi connectivity index (χ4v) is 3.73. The fraction of sp³-hybridized carbons (Fsp3) is 0.130. The minimum Gasteiger partial charge on any atom is -0.322 e. The number of anilines is 3. The fourth-order valence-electron chi connectivity index (χ4n) is 2.83. The molecule has 3 amide bonds. The van der Waals surface area contributed by atoms with Gasteiger partial charge < -0.3 is 16.0 Å². The van der Waals surface area contributed by atoms with Crippen molar-refractivity contribution >= 4 is 39.0 Å². The van der Waals surface area contributed by atoms with Crippen molar-refractivity contribution in [1.29, 1.82) is 0 Å². The van der Waals surface area contributed by atoms with Crippen LogP contribution in [0.4, 0.5) is 21.9 Å². The molecule has 0 bridgehead atoms. The highest BCUT2D eigenvalue weighted by atomic mass is 32.2. The zero-order chi connectivity index (χ0) is 23.3. The number of para-hydroxylation sites is 1. The van der Waals surface area contributed by atoms with Gasteiger partial charge in [0, 0.05) is 36.7 Å². The molecule has 3 N–H and O–H groups in total. The molecule has 8 nitrogen and oxygen atoms in total. The van der Waals surface area contributed by atoms with E-state index in [-0.39, 0.29) is 4.90 Å². The topological polar surface area (TPSA) is 108 Å². The van der Waals surface area contributed by atoms with E-state index in [0.29, 0.717) is 22.6 Å². The largest absolute Gasteiger partial charge is 0.323 e. The number of carbonyl (C=O) groups is 2. The van der Waals surface area contributed by atoms with Gasteiger partial charge in [-0.05, 0) is 61.0 Å². The lowest BCUT2D eigenvalue weighted by atomic mass is 10.1. The van der Waals surface area contributed by atoms with Gasteiger partial charge in [0.2, 0.25) is 10.0 Å². The van der Waals surface area contributed by atoms with Crippen LogP contribution >= 0.6 is 0 Å².